The van der Waals surface area contributed by atoms with Crippen molar-refractivity contribution in [1.82, 2.24) is 4.90 Å². The fraction of sp³-hybridized carbons (Fsp3) is 0.562. The highest BCUT2D eigenvalue weighted by Crippen LogP contribution is 2.37. The normalized spacial score (nSPS) is 25.7. The molecule has 1 aromatic rings. The number of ketones is 1. The second kappa shape index (κ2) is 5.33. The van der Waals surface area contributed by atoms with Crippen molar-refractivity contribution in [3.05, 3.63) is 29.8 Å². The molecular formula is C16H21NO2. The molecule has 0 radical (unpaired) electrons. The van der Waals surface area contributed by atoms with E-state index in [0.29, 0.717) is 19.2 Å². The van der Waals surface area contributed by atoms with Gasteiger partial charge in [-0.3, -0.25) is 9.69 Å². The summed E-state index contributed by atoms with van der Waals surface area (Å²) >= 11 is 0. The van der Waals surface area contributed by atoms with Crippen molar-refractivity contribution >= 4 is 5.78 Å². The van der Waals surface area contributed by atoms with Crippen molar-refractivity contribution in [1.29, 1.82) is 0 Å². The summed E-state index contributed by atoms with van der Waals surface area (Å²) < 4.78 is 5.55. The zero-order chi connectivity index (χ0) is 13.2. The van der Waals surface area contributed by atoms with Gasteiger partial charge >= 0.3 is 0 Å². The van der Waals surface area contributed by atoms with E-state index < -0.39 is 0 Å². The van der Waals surface area contributed by atoms with Gasteiger partial charge in [0.05, 0.1) is 18.7 Å². The van der Waals surface area contributed by atoms with Crippen LogP contribution in [0.5, 0.6) is 5.75 Å². The average molecular weight is 259 g/mol. The number of carbonyl (C=O) groups excluding carboxylic acids is 1. The molecule has 2 atom stereocenters. The Balaban J connectivity index is 1.70. The molecule has 0 amide bonds. The first-order valence-corrected chi connectivity index (χ1v) is 7.27. The summed E-state index contributed by atoms with van der Waals surface area (Å²) in [7, 11) is 0. The monoisotopic (exact) mass is 259 g/mol. The summed E-state index contributed by atoms with van der Waals surface area (Å²) in [6, 6.07) is 8.23. The summed E-state index contributed by atoms with van der Waals surface area (Å²) in [4.78, 5) is 14.8. The van der Waals surface area contributed by atoms with Crippen LogP contribution in [0, 0.1) is 5.92 Å². The van der Waals surface area contributed by atoms with Crippen molar-refractivity contribution in [2.45, 2.75) is 32.2 Å². The van der Waals surface area contributed by atoms with Crippen LogP contribution in [-0.2, 0) is 0 Å². The number of benzene rings is 1. The molecule has 0 N–H and O–H groups in total. The van der Waals surface area contributed by atoms with Gasteiger partial charge in [-0.05, 0) is 44.2 Å². The zero-order valence-electron chi connectivity index (χ0n) is 11.5. The Morgan fingerprint density at radius 1 is 1.37 bits per heavy atom. The van der Waals surface area contributed by atoms with E-state index in [1.807, 2.05) is 31.2 Å². The highest BCUT2D eigenvalue weighted by molar-refractivity contribution is 6.00. The number of hydrogen-bond donors (Lipinski definition) is 0. The molecule has 0 spiro atoms. The van der Waals surface area contributed by atoms with Crippen LogP contribution in [0.1, 0.15) is 36.5 Å². The molecule has 1 saturated carbocycles. The van der Waals surface area contributed by atoms with Gasteiger partial charge in [-0.25, -0.2) is 0 Å². The molecule has 1 aromatic carbocycles. The highest BCUT2D eigenvalue weighted by Gasteiger charge is 2.38. The third kappa shape index (κ3) is 2.52. The molecule has 0 aromatic heterocycles. The molecule has 2 bridgehead atoms. The number of carbonyl (C=O) groups is 1. The van der Waals surface area contributed by atoms with E-state index in [-0.39, 0.29) is 5.78 Å². The maximum absolute atomic E-state index is 12.5. The van der Waals surface area contributed by atoms with Gasteiger partial charge in [0.1, 0.15) is 5.75 Å². The van der Waals surface area contributed by atoms with E-state index >= 15 is 0 Å². The molecule has 1 saturated heterocycles. The Labute approximate surface area is 114 Å². The van der Waals surface area contributed by atoms with Crippen molar-refractivity contribution < 1.29 is 9.53 Å². The van der Waals surface area contributed by atoms with E-state index in [1.165, 1.54) is 19.3 Å². The van der Waals surface area contributed by atoms with Gasteiger partial charge < -0.3 is 4.74 Å². The van der Waals surface area contributed by atoms with Gasteiger partial charge in [-0.15, -0.1) is 0 Å². The van der Waals surface area contributed by atoms with Gasteiger partial charge in [-0.2, -0.15) is 0 Å². The minimum atomic E-state index is 0.191. The molecule has 1 aliphatic carbocycles. The standard InChI is InChI=1S/C16H21NO2/c1-2-19-16-6-4-3-5-14(16)15(18)11-17-10-12-7-8-13(17)9-12/h3-6,12-13H,2,7-11H2,1H3. The molecule has 2 fully saturated rings. The van der Waals surface area contributed by atoms with Crippen LogP contribution in [-0.4, -0.2) is 36.4 Å². The average Bonchev–Trinajstić information content (AvgIpc) is 3.02. The molecule has 2 aliphatic rings. The number of hydrogen-bond acceptors (Lipinski definition) is 3. The number of ether oxygens (including phenoxy) is 1. The lowest BCUT2D eigenvalue weighted by Gasteiger charge is -2.26. The SMILES string of the molecule is CCOc1ccccc1C(=O)CN1CC2CCC1C2. The van der Waals surface area contributed by atoms with Crippen LogP contribution >= 0.6 is 0 Å². The fourth-order valence-electron chi connectivity index (χ4n) is 3.47. The summed E-state index contributed by atoms with van der Waals surface area (Å²) in [5, 5.41) is 0. The van der Waals surface area contributed by atoms with Gasteiger partial charge in [0.15, 0.2) is 5.78 Å². The first-order valence-electron chi connectivity index (χ1n) is 7.27. The third-order valence-electron chi connectivity index (χ3n) is 4.36. The van der Waals surface area contributed by atoms with Crippen molar-refractivity contribution in [3.63, 3.8) is 0 Å². The summed E-state index contributed by atoms with van der Waals surface area (Å²) in [6.45, 7) is 4.19. The fourth-order valence-corrected chi connectivity index (χ4v) is 3.47. The first kappa shape index (κ1) is 12.7. The van der Waals surface area contributed by atoms with Crippen LogP contribution in [0.25, 0.3) is 0 Å². The number of likely N-dealkylation sites (tertiary alicyclic amines) is 1. The molecule has 3 rings (SSSR count). The molecule has 2 unspecified atom stereocenters. The lowest BCUT2D eigenvalue weighted by atomic mass is 10.1. The zero-order valence-corrected chi connectivity index (χ0v) is 11.5. The Morgan fingerprint density at radius 3 is 2.89 bits per heavy atom. The quantitative estimate of drug-likeness (QED) is 0.761. The lowest BCUT2D eigenvalue weighted by molar-refractivity contribution is 0.0901. The van der Waals surface area contributed by atoms with Crippen molar-refractivity contribution in [2.24, 2.45) is 5.92 Å². The summed E-state index contributed by atoms with van der Waals surface area (Å²) in [5.74, 6) is 1.75. The van der Waals surface area contributed by atoms with Crippen LogP contribution in [0.3, 0.4) is 0 Å². The van der Waals surface area contributed by atoms with E-state index in [9.17, 15) is 4.79 Å². The van der Waals surface area contributed by atoms with Gasteiger partial charge in [0.25, 0.3) is 0 Å². The van der Waals surface area contributed by atoms with Crippen LogP contribution in [0.2, 0.25) is 0 Å². The summed E-state index contributed by atoms with van der Waals surface area (Å²) in [6.07, 6.45) is 3.91. The molecule has 102 valence electrons. The lowest BCUT2D eigenvalue weighted by Crippen LogP contribution is -2.36. The largest absolute Gasteiger partial charge is 0.493 e. The van der Waals surface area contributed by atoms with E-state index in [0.717, 1.165) is 23.8 Å². The smallest absolute Gasteiger partial charge is 0.180 e. The second-order valence-corrected chi connectivity index (χ2v) is 5.61. The van der Waals surface area contributed by atoms with E-state index in [4.69, 9.17) is 4.74 Å². The molecule has 19 heavy (non-hydrogen) atoms. The minimum Gasteiger partial charge on any atom is -0.493 e. The number of Topliss-reactive ketones (excluding diaryl/α,β-unsaturated/α-hetero) is 1. The maximum atomic E-state index is 12.5. The molecule has 3 heteroatoms. The van der Waals surface area contributed by atoms with Crippen molar-refractivity contribution in [2.75, 3.05) is 19.7 Å². The van der Waals surface area contributed by atoms with Gasteiger partial charge in [-0.1, -0.05) is 12.1 Å². The first-order chi connectivity index (χ1) is 9.28. The van der Waals surface area contributed by atoms with Crippen LogP contribution in [0.4, 0.5) is 0 Å². The number of para-hydroxylation sites is 1. The predicted octanol–water partition coefficient (Wildman–Crippen LogP) is 2.75. The topological polar surface area (TPSA) is 29.5 Å². The molecular weight excluding hydrogens is 238 g/mol. The third-order valence-corrected chi connectivity index (χ3v) is 4.36. The Kier molecular flexibility index (Phi) is 3.56. The van der Waals surface area contributed by atoms with E-state index in [1.54, 1.807) is 0 Å². The molecule has 1 aliphatic heterocycles. The number of fused-ring (bicyclic) bond motifs is 2. The minimum absolute atomic E-state index is 0.191. The Bertz CT molecular complexity index is 472. The molecule has 3 nitrogen and oxygen atoms in total. The number of rotatable bonds is 5. The second-order valence-electron chi connectivity index (χ2n) is 5.61. The molecule has 1 heterocycles. The van der Waals surface area contributed by atoms with Crippen LogP contribution < -0.4 is 4.74 Å². The van der Waals surface area contributed by atoms with E-state index in [2.05, 4.69) is 4.90 Å². The number of nitrogens with zero attached hydrogens (tertiary/aromatic N) is 1. The predicted molar refractivity (Wildman–Crippen MR) is 74.6 cm³/mol. The van der Waals surface area contributed by atoms with Gasteiger partial charge in [0, 0.05) is 12.6 Å². The summed E-state index contributed by atoms with van der Waals surface area (Å²) in [5.41, 5.74) is 0.729. The Hall–Kier alpha value is -1.35. The Morgan fingerprint density at radius 2 is 2.21 bits per heavy atom. The van der Waals surface area contributed by atoms with Gasteiger partial charge in [0.2, 0.25) is 0 Å². The maximum Gasteiger partial charge on any atom is 0.180 e. The highest BCUT2D eigenvalue weighted by atomic mass is 16.5. The number of piperidine rings is 1. The van der Waals surface area contributed by atoms with Crippen molar-refractivity contribution in [3.8, 4) is 5.75 Å². The van der Waals surface area contributed by atoms with Crippen LogP contribution in [0.15, 0.2) is 24.3 Å².